The second-order valence-corrected chi connectivity index (χ2v) is 9.29. The third-order valence-corrected chi connectivity index (χ3v) is 7.11. The van der Waals surface area contributed by atoms with Crippen LogP contribution in [0, 0.1) is 21.8 Å². The van der Waals surface area contributed by atoms with Crippen LogP contribution in [0.15, 0.2) is 66.7 Å². The first-order chi connectivity index (χ1) is 16.9. The number of para-hydroxylation sites is 1. The zero-order valence-corrected chi connectivity index (χ0v) is 19.6. The van der Waals surface area contributed by atoms with Gasteiger partial charge in [-0.25, -0.2) is 4.39 Å². The molecule has 3 aromatic rings. The van der Waals surface area contributed by atoms with Crippen molar-refractivity contribution < 1.29 is 14.1 Å². The van der Waals surface area contributed by atoms with E-state index in [1.165, 1.54) is 18.2 Å². The predicted octanol–water partition coefficient (Wildman–Crippen LogP) is 4.57. The van der Waals surface area contributed by atoms with Crippen molar-refractivity contribution in [3.63, 3.8) is 0 Å². The fourth-order valence-electron chi connectivity index (χ4n) is 5.12. The number of benzene rings is 3. The Bertz CT molecular complexity index is 1290. The minimum Gasteiger partial charge on any atom is -0.366 e. The lowest BCUT2D eigenvalue weighted by molar-refractivity contribution is -0.384. The van der Waals surface area contributed by atoms with Crippen LogP contribution < -0.4 is 15.1 Å². The van der Waals surface area contributed by atoms with Crippen LogP contribution in [0.4, 0.5) is 21.5 Å². The van der Waals surface area contributed by atoms with Crippen molar-refractivity contribution in [2.75, 3.05) is 29.4 Å². The first-order valence-electron chi connectivity index (χ1n) is 11.5. The summed E-state index contributed by atoms with van der Waals surface area (Å²) in [5.41, 5.74) is 3.31. The SMILES string of the molecule is O=C(NCc1cccc(F)c1)[C@H]1Cc2cc([N+](=O)[O-])ccc2N2CCN(c3ccccc3Cl)C[C@@H]12. The Kier molecular flexibility index (Phi) is 6.30. The van der Waals surface area contributed by atoms with Gasteiger partial charge in [-0.15, -0.1) is 0 Å². The number of nitrogens with one attached hydrogen (secondary N) is 1. The highest BCUT2D eigenvalue weighted by atomic mass is 35.5. The summed E-state index contributed by atoms with van der Waals surface area (Å²) in [6, 6.07) is 18.5. The minimum absolute atomic E-state index is 0.0100. The Balaban J connectivity index is 1.44. The average molecular weight is 495 g/mol. The van der Waals surface area contributed by atoms with E-state index in [-0.39, 0.29) is 30.0 Å². The largest absolute Gasteiger partial charge is 0.366 e. The first kappa shape index (κ1) is 23.1. The second-order valence-electron chi connectivity index (χ2n) is 8.89. The van der Waals surface area contributed by atoms with E-state index in [0.29, 0.717) is 36.6 Å². The molecule has 0 unspecified atom stereocenters. The van der Waals surface area contributed by atoms with Gasteiger partial charge in [0.25, 0.3) is 5.69 Å². The lowest BCUT2D eigenvalue weighted by atomic mass is 9.83. The zero-order chi connectivity index (χ0) is 24.5. The maximum Gasteiger partial charge on any atom is 0.269 e. The third kappa shape index (κ3) is 4.66. The average Bonchev–Trinajstić information content (AvgIpc) is 2.86. The van der Waals surface area contributed by atoms with Gasteiger partial charge in [0.05, 0.1) is 27.6 Å². The highest BCUT2D eigenvalue weighted by Crippen LogP contribution is 2.39. The van der Waals surface area contributed by atoms with Crippen LogP contribution in [-0.4, -0.2) is 36.5 Å². The molecular weight excluding hydrogens is 471 g/mol. The van der Waals surface area contributed by atoms with Crippen LogP contribution in [0.5, 0.6) is 0 Å². The van der Waals surface area contributed by atoms with Crippen LogP contribution in [0.1, 0.15) is 11.1 Å². The van der Waals surface area contributed by atoms with E-state index in [9.17, 15) is 19.3 Å². The van der Waals surface area contributed by atoms with Gasteiger partial charge in [0.15, 0.2) is 0 Å². The number of anilines is 2. The summed E-state index contributed by atoms with van der Waals surface area (Å²) in [5.74, 6) is -0.963. The van der Waals surface area contributed by atoms with Gasteiger partial charge in [0.2, 0.25) is 5.91 Å². The van der Waals surface area contributed by atoms with Crippen molar-refractivity contribution in [1.82, 2.24) is 5.32 Å². The summed E-state index contributed by atoms with van der Waals surface area (Å²) in [5, 5.41) is 15.0. The van der Waals surface area contributed by atoms with Crippen LogP contribution in [0.2, 0.25) is 5.02 Å². The summed E-state index contributed by atoms with van der Waals surface area (Å²) in [7, 11) is 0. The molecule has 35 heavy (non-hydrogen) atoms. The van der Waals surface area contributed by atoms with Crippen molar-refractivity contribution in [1.29, 1.82) is 0 Å². The molecule has 1 saturated heterocycles. The molecule has 2 aliphatic heterocycles. The molecule has 2 aliphatic rings. The number of nitro groups is 1. The molecule has 3 aromatic carbocycles. The molecule has 0 aliphatic carbocycles. The molecule has 2 heterocycles. The number of rotatable bonds is 5. The van der Waals surface area contributed by atoms with E-state index >= 15 is 0 Å². The molecule has 7 nitrogen and oxygen atoms in total. The highest BCUT2D eigenvalue weighted by Gasteiger charge is 2.42. The molecule has 180 valence electrons. The summed E-state index contributed by atoms with van der Waals surface area (Å²) < 4.78 is 13.6. The number of carbonyl (C=O) groups excluding carboxylic acids is 1. The topological polar surface area (TPSA) is 78.7 Å². The van der Waals surface area contributed by atoms with Gasteiger partial charge >= 0.3 is 0 Å². The minimum atomic E-state index is -0.441. The van der Waals surface area contributed by atoms with Gasteiger partial charge in [-0.3, -0.25) is 14.9 Å². The number of amides is 1. The van der Waals surface area contributed by atoms with Gasteiger partial charge in [-0.05, 0) is 47.9 Å². The van der Waals surface area contributed by atoms with Crippen LogP contribution in [0.3, 0.4) is 0 Å². The number of hydrogen-bond acceptors (Lipinski definition) is 5. The van der Waals surface area contributed by atoms with Gasteiger partial charge < -0.3 is 15.1 Å². The molecule has 1 amide bonds. The number of carbonyl (C=O) groups is 1. The molecule has 0 saturated carbocycles. The molecule has 1 fully saturated rings. The number of nitrogens with zero attached hydrogens (tertiary/aromatic N) is 3. The molecule has 9 heteroatoms. The molecule has 5 rings (SSSR count). The molecule has 2 atom stereocenters. The Morgan fingerprint density at radius 1 is 1.09 bits per heavy atom. The highest BCUT2D eigenvalue weighted by molar-refractivity contribution is 6.33. The second kappa shape index (κ2) is 9.54. The van der Waals surface area contributed by atoms with Gasteiger partial charge in [0, 0.05) is 44.0 Å². The zero-order valence-electron chi connectivity index (χ0n) is 18.9. The van der Waals surface area contributed by atoms with E-state index < -0.39 is 10.8 Å². The molecule has 0 spiro atoms. The van der Waals surface area contributed by atoms with Gasteiger partial charge in [0.1, 0.15) is 5.82 Å². The van der Waals surface area contributed by atoms with E-state index in [1.807, 2.05) is 24.3 Å². The van der Waals surface area contributed by atoms with E-state index in [1.54, 1.807) is 24.3 Å². The number of halogens is 2. The van der Waals surface area contributed by atoms with E-state index in [2.05, 4.69) is 15.1 Å². The Morgan fingerprint density at radius 3 is 2.69 bits per heavy atom. The quantitative estimate of drug-likeness (QED) is 0.415. The first-order valence-corrected chi connectivity index (χ1v) is 11.8. The van der Waals surface area contributed by atoms with Gasteiger partial charge in [-0.1, -0.05) is 35.9 Å². The van der Waals surface area contributed by atoms with Crippen molar-refractivity contribution in [3.8, 4) is 0 Å². The van der Waals surface area contributed by atoms with E-state index in [0.717, 1.165) is 16.9 Å². The lowest BCUT2D eigenvalue weighted by Gasteiger charge is -2.49. The van der Waals surface area contributed by atoms with Crippen LogP contribution >= 0.6 is 11.6 Å². The smallest absolute Gasteiger partial charge is 0.269 e. The van der Waals surface area contributed by atoms with Crippen LogP contribution in [-0.2, 0) is 17.8 Å². The number of piperazine rings is 1. The lowest BCUT2D eigenvalue weighted by Crippen LogP contribution is -2.61. The third-order valence-electron chi connectivity index (χ3n) is 6.79. The van der Waals surface area contributed by atoms with E-state index in [4.69, 9.17) is 11.6 Å². The fraction of sp³-hybridized carbons (Fsp3) is 0.269. The summed E-state index contributed by atoms with van der Waals surface area (Å²) in [4.78, 5) is 28.8. The van der Waals surface area contributed by atoms with Crippen molar-refractivity contribution in [3.05, 3.63) is 98.8 Å². The number of non-ortho nitro benzene ring substituents is 1. The Labute approximate surface area is 207 Å². The summed E-state index contributed by atoms with van der Waals surface area (Å²) >= 11 is 6.46. The summed E-state index contributed by atoms with van der Waals surface area (Å²) in [6.45, 7) is 2.14. The monoisotopic (exact) mass is 494 g/mol. The standard InChI is InChI=1S/C26H24ClFN4O3/c27-22-6-1-2-7-24(22)30-10-11-31-23-9-8-20(32(34)35)13-18(23)14-21(25(31)16-30)26(33)29-15-17-4-3-5-19(28)12-17/h1-9,12-13,21,25H,10-11,14-16H2,(H,29,33)/t21-,25-/m0/s1. The molecule has 0 radical (unpaired) electrons. The maximum absolute atomic E-state index is 13.6. The predicted molar refractivity (Wildman–Crippen MR) is 133 cm³/mol. The maximum atomic E-state index is 13.6. The molecule has 1 N–H and O–H groups in total. The summed E-state index contributed by atoms with van der Waals surface area (Å²) in [6.07, 6.45) is 0.378. The molecule has 0 aromatic heterocycles. The Hall–Kier alpha value is -3.65. The molecule has 0 bridgehead atoms. The van der Waals surface area contributed by atoms with Gasteiger partial charge in [-0.2, -0.15) is 0 Å². The fourth-order valence-corrected chi connectivity index (χ4v) is 5.37. The molecular formula is C26H24ClFN4O3. The van der Waals surface area contributed by atoms with Crippen molar-refractivity contribution in [2.24, 2.45) is 5.92 Å². The number of nitro benzene ring substituents is 1. The van der Waals surface area contributed by atoms with Crippen molar-refractivity contribution in [2.45, 2.75) is 19.0 Å². The normalized spacial score (nSPS) is 19.0. The number of fused-ring (bicyclic) bond motifs is 3. The van der Waals surface area contributed by atoms with Crippen molar-refractivity contribution >= 4 is 34.6 Å². The number of hydrogen-bond donors (Lipinski definition) is 1. The van der Waals surface area contributed by atoms with Crippen LogP contribution in [0.25, 0.3) is 0 Å². The Morgan fingerprint density at radius 2 is 1.91 bits per heavy atom.